The maximum absolute atomic E-state index is 12.6. The zero-order chi connectivity index (χ0) is 21.9. The number of amides is 1. The zero-order valence-corrected chi connectivity index (χ0v) is 15.8. The standard InChI is InChI=1S/C16H16F3N9O2/c1-27(2)8-11-12(22-26-28(11)14-13(20)24-30-25-14)15(29)23-21-7-9-3-5-10(6-4-9)16(17,18)19/h3-7H,8H2,1-2H3,(H2,20,24)(H,23,29). The second-order valence-electron chi connectivity index (χ2n) is 6.33. The van der Waals surface area contributed by atoms with E-state index in [-0.39, 0.29) is 23.9 Å². The Morgan fingerprint density at radius 2 is 2.00 bits per heavy atom. The summed E-state index contributed by atoms with van der Waals surface area (Å²) in [4.78, 5) is 14.3. The van der Waals surface area contributed by atoms with Gasteiger partial charge in [-0.05, 0) is 42.1 Å². The number of aromatic nitrogens is 5. The van der Waals surface area contributed by atoms with Gasteiger partial charge in [-0.1, -0.05) is 17.3 Å². The van der Waals surface area contributed by atoms with Crippen molar-refractivity contribution in [2.24, 2.45) is 5.10 Å². The highest BCUT2D eigenvalue weighted by atomic mass is 19.4. The zero-order valence-electron chi connectivity index (χ0n) is 15.8. The number of benzene rings is 1. The highest BCUT2D eigenvalue weighted by Crippen LogP contribution is 2.28. The summed E-state index contributed by atoms with van der Waals surface area (Å²) in [5, 5.41) is 18.6. The number of nitrogen functional groups attached to an aromatic ring is 1. The molecule has 0 aliphatic heterocycles. The van der Waals surface area contributed by atoms with Gasteiger partial charge >= 0.3 is 6.18 Å². The predicted octanol–water partition coefficient (Wildman–Crippen LogP) is 1.08. The lowest BCUT2D eigenvalue weighted by Crippen LogP contribution is -2.23. The van der Waals surface area contributed by atoms with Crippen LogP contribution in [0.25, 0.3) is 5.82 Å². The van der Waals surface area contributed by atoms with E-state index in [4.69, 9.17) is 5.73 Å². The molecule has 0 aliphatic rings. The van der Waals surface area contributed by atoms with E-state index in [9.17, 15) is 18.0 Å². The Balaban J connectivity index is 1.77. The van der Waals surface area contributed by atoms with Gasteiger partial charge in [-0.2, -0.15) is 23.0 Å². The highest BCUT2D eigenvalue weighted by Gasteiger charge is 2.29. The molecule has 11 nitrogen and oxygen atoms in total. The minimum atomic E-state index is -4.43. The van der Waals surface area contributed by atoms with Crippen molar-refractivity contribution in [2.45, 2.75) is 12.7 Å². The van der Waals surface area contributed by atoms with Gasteiger partial charge in [0, 0.05) is 6.54 Å². The van der Waals surface area contributed by atoms with E-state index < -0.39 is 17.6 Å². The molecule has 1 aromatic carbocycles. The second-order valence-corrected chi connectivity index (χ2v) is 6.33. The van der Waals surface area contributed by atoms with Crippen LogP contribution < -0.4 is 11.2 Å². The largest absolute Gasteiger partial charge is 0.416 e. The van der Waals surface area contributed by atoms with Crippen LogP contribution >= 0.6 is 0 Å². The Morgan fingerprint density at radius 1 is 1.30 bits per heavy atom. The molecule has 2 aromatic heterocycles. The summed E-state index contributed by atoms with van der Waals surface area (Å²) in [5.74, 6) is -0.643. The van der Waals surface area contributed by atoms with Crippen molar-refractivity contribution in [3.8, 4) is 5.82 Å². The van der Waals surface area contributed by atoms with Gasteiger partial charge in [-0.15, -0.1) is 5.10 Å². The number of halogens is 3. The number of rotatable bonds is 6. The number of alkyl halides is 3. The molecule has 0 unspecified atom stereocenters. The van der Waals surface area contributed by atoms with E-state index in [0.717, 1.165) is 12.1 Å². The Kier molecular flexibility index (Phi) is 5.77. The lowest BCUT2D eigenvalue weighted by molar-refractivity contribution is -0.137. The van der Waals surface area contributed by atoms with Gasteiger partial charge in [0.2, 0.25) is 11.6 Å². The summed E-state index contributed by atoms with van der Waals surface area (Å²) in [6, 6.07) is 4.29. The molecule has 0 saturated carbocycles. The van der Waals surface area contributed by atoms with Gasteiger partial charge in [0.05, 0.1) is 17.5 Å². The molecule has 0 atom stereocenters. The molecule has 0 radical (unpaired) electrons. The molecular weight excluding hydrogens is 407 g/mol. The summed E-state index contributed by atoms with van der Waals surface area (Å²) in [6.45, 7) is 0.255. The van der Waals surface area contributed by atoms with E-state index in [1.807, 2.05) is 0 Å². The van der Waals surface area contributed by atoms with Gasteiger partial charge < -0.3 is 10.6 Å². The van der Waals surface area contributed by atoms with E-state index in [0.29, 0.717) is 11.3 Å². The van der Waals surface area contributed by atoms with Crippen LogP contribution in [0.4, 0.5) is 19.0 Å². The van der Waals surface area contributed by atoms with E-state index in [2.05, 4.69) is 35.8 Å². The summed E-state index contributed by atoms with van der Waals surface area (Å²) in [5.41, 5.74) is 7.82. The fourth-order valence-corrected chi connectivity index (χ4v) is 2.40. The smallest absolute Gasteiger partial charge is 0.378 e. The summed E-state index contributed by atoms with van der Waals surface area (Å²) in [6.07, 6.45) is -3.23. The SMILES string of the molecule is CN(C)Cc1c(C(=O)NN=Cc2ccc(C(F)(F)F)cc2)nnn1-c1nonc1N. The van der Waals surface area contributed by atoms with Crippen LogP contribution in [0.15, 0.2) is 34.0 Å². The summed E-state index contributed by atoms with van der Waals surface area (Å²) < 4.78 is 43.5. The van der Waals surface area contributed by atoms with Crippen LogP contribution in [-0.4, -0.2) is 56.4 Å². The third-order valence-corrected chi connectivity index (χ3v) is 3.76. The van der Waals surface area contributed by atoms with Crippen LogP contribution in [0.2, 0.25) is 0 Å². The first-order chi connectivity index (χ1) is 14.2. The van der Waals surface area contributed by atoms with Gasteiger partial charge in [-0.25, -0.2) is 10.1 Å². The average molecular weight is 423 g/mol. The topological polar surface area (TPSA) is 140 Å². The first kappa shape index (κ1) is 20.9. The normalized spacial score (nSPS) is 12.1. The molecule has 0 bridgehead atoms. The van der Waals surface area contributed by atoms with Crippen molar-refractivity contribution in [1.29, 1.82) is 0 Å². The number of carbonyl (C=O) groups excluding carboxylic acids is 1. The van der Waals surface area contributed by atoms with Gasteiger partial charge in [0.25, 0.3) is 5.91 Å². The molecule has 3 rings (SSSR count). The molecule has 0 spiro atoms. The molecular formula is C16H16F3N9O2. The quantitative estimate of drug-likeness (QED) is 0.443. The van der Waals surface area contributed by atoms with Crippen molar-refractivity contribution >= 4 is 17.9 Å². The van der Waals surface area contributed by atoms with E-state index >= 15 is 0 Å². The van der Waals surface area contributed by atoms with Crippen LogP contribution in [0.1, 0.15) is 27.3 Å². The fraction of sp³-hybridized carbons (Fsp3) is 0.250. The summed E-state index contributed by atoms with van der Waals surface area (Å²) >= 11 is 0. The monoisotopic (exact) mass is 423 g/mol. The number of nitrogens with two attached hydrogens (primary N) is 1. The molecule has 3 N–H and O–H groups in total. The maximum Gasteiger partial charge on any atom is 0.416 e. The first-order valence-corrected chi connectivity index (χ1v) is 8.35. The van der Waals surface area contributed by atoms with E-state index in [1.54, 1.807) is 19.0 Å². The molecule has 1 amide bonds. The molecule has 0 saturated heterocycles. The molecule has 30 heavy (non-hydrogen) atoms. The van der Waals surface area contributed by atoms with Crippen LogP contribution in [0.5, 0.6) is 0 Å². The van der Waals surface area contributed by atoms with Gasteiger partial charge in [0.15, 0.2) is 5.69 Å². The Labute approximate surface area is 167 Å². The lowest BCUT2D eigenvalue weighted by Gasteiger charge is -2.11. The highest BCUT2D eigenvalue weighted by molar-refractivity contribution is 5.94. The third-order valence-electron chi connectivity index (χ3n) is 3.76. The molecule has 3 aromatic rings. The summed E-state index contributed by atoms with van der Waals surface area (Å²) in [7, 11) is 3.54. The van der Waals surface area contributed by atoms with Crippen LogP contribution in [0, 0.1) is 0 Å². The average Bonchev–Trinajstić information content (AvgIpc) is 3.26. The fourth-order valence-electron chi connectivity index (χ4n) is 2.40. The molecule has 2 heterocycles. The molecule has 0 aliphatic carbocycles. The second kappa shape index (κ2) is 8.28. The lowest BCUT2D eigenvalue weighted by atomic mass is 10.1. The van der Waals surface area contributed by atoms with Crippen molar-refractivity contribution in [1.82, 2.24) is 35.6 Å². The van der Waals surface area contributed by atoms with Crippen molar-refractivity contribution < 1.29 is 22.6 Å². The number of nitrogens with zero attached hydrogens (tertiary/aromatic N) is 7. The van der Waals surface area contributed by atoms with Crippen LogP contribution in [0.3, 0.4) is 0 Å². The number of nitrogens with one attached hydrogen (secondary N) is 1. The van der Waals surface area contributed by atoms with Gasteiger partial charge in [0.1, 0.15) is 0 Å². The Morgan fingerprint density at radius 3 is 2.57 bits per heavy atom. The van der Waals surface area contributed by atoms with Gasteiger partial charge in [-0.3, -0.25) is 4.79 Å². The van der Waals surface area contributed by atoms with Crippen molar-refractivity contribution in [2.75, 3.05) is 19.8 Å². The molecule has 14 heteroatoms. The Hall–Kier alpha value is -3.81. The number of hydrogen-bond acceptors (Lipinski definition) is 9. The first-order valence-electron chi connectivity index (χ1n) is 8.35. The van der Waals surface area contributed by atoms with Crippen LogP contribution in [-0.2, 0) is 12.7 Å². The van der Waals surface area contributed by atoms with E-state index in [1.165, 1.54) is 23.0 Å². The maximum atomic E-state index is 12.6. The number of hydrazone groups is 1. The number of anilines is 1. The third kappa shape index (κ3) is 4.60. The molecule has 0 fully saturated rings. The van der Waals surface area contributed by atoms with Crippen molar-refractivity contribution in [3.05, 3.63) is 46.8 Å². The Bertz CT molecular complexity index is 1050. The predicted molar refractivity (Wildman–Crippen MR) is 97.5 cm³/mol. The number of carbonyl (C=O) groups is 1. The van der Waals surface area contributed by atoms with Crippen molar-refractivity contribution in [3.63, 3.8) is 0 Å². The molecule has 158 valence electrons. The minimum Gasteiger partial charge on any atom is -0.378 e. The number of hydrogen-bond donors (Lipinski definition) is 2. The minimum absolute atomic E-state index is 0.0350.